The lowest BCUT2D eigenvalue weighted by Crippen LogP contribution is -2.23. The fraction of sp³-hybridized carbons (Fsp3) is 0.700. The third-order valence-electron chi connectivity index (χ3n) is 2.51. The van der Waals surface area contributed by atoms with Gasteiger partial charge >= 0.3 is 0 Å². The van der Waals surface area contributed by atoms with E-state index >= 15 is 0 Å². The normalized spacial score (nSPS) is 21.5. The van der Waals surface area contributed by atoms with E-state index < -0.39 is 0 Å². The van der Waals surface area contributed by atoms with Gasteiger partial charge in [-0.15, -0.1) is 11.3 Å². The molecule has 0 saturated heterocycles. The first-order chi connectivity index (χ1) is 6.31. The van der Waals surface area contributed by atoms with Crippen molar-refractivity contribution < 1.29 is 0 Å². The second-order valence-electron chi connectivity index (χ2n) is 3.55. The molecule has 0 fully saturated rings. The second-order valence-corrected chi connectivity index (χ2v) is 4.78. The van der Waals surface area contributed by atoms with Gasteiger partial charge < -0.3 is 5.32 Å². The maximum Gasteiger partial charge on any atom is 0.0900 e. The van der Waals surface area contributed by atoms with Crippen molar-refractivity contribution in [2.24, 2.45) is 0 Å². The van der Waals surface area contributed by atoms with Gasteiger partial charge in [-0.2, -0.15) is 0 Å². The number of thiazole rings is 1. The molecule has 1 aromatic heterocycles. The Bertz CT molecular complexity index is 293. The third kappa shape index (κ3) is 1.76. The molecular formula is C10H16N2S. The van der Waals surface area contributed by atoms with Crippen molar-refractivity contribution in [3.05, 3.63) is 15.6 Å². The largest absolute Gasteiger partial charge is 0.309 e. The number of nitrogens with one attached hydrogen (secondary N) is 1. The minimum Gasteiger partial charge on any atom is -0.309 e. The fourth-order valence-electron chi connectivity index (χ4n) is 1.98. The highest BCUT2D eigenvalue weighted by molar-refractivity contribution is 7.11. The van der Waals surface area contributed by atoms with Crippen molar-refractivity contribution in [2.75, 3.05) is 6.54 Å². The summed E-state index contributed by atoms with van der Waals surface area (Å²) in [5.74, 6) is 0. The van der Waals surface area contributed by atoms with Crippen LogP contribution in [0, 0.1) is 6.92 Å². The number of aryl methyl sites for hydroxylation is 2. The Morgan fingerprint density at radius 3 is 3.23 bits per heavy atom. The Labute approximate surface area is 83.4 Å². The van der Waals surface area contributed by atoms with Crippen LogP contribution in [0.25, 0.3) is 0 Å². The lowest BCUT2D eigenvalue weighted by atomic mass is 9.98. The highest BCUT2D eigenvalue weighted by Crippen LogP contribution is 2.33. The molecule has 0 radical (unpaired) electrons. The van der Waals surface area contributed by atoms with Crippen LogP contribution >= 0.6 is 11.3 Å². The highest BCUT2D eigenvalue weighted by atomic mass is 32.1. The van der Waals surface area contributed by atoms with E-state index in [4.69, 9.17) is 0 Å². The molecule has 1 atom stereocenters. The van der Waals surface area contributed by atoms with Crippen LogP contribution in [-0.4, -0.2) is 11.5 Å². The molecule has 0 amide bonds. The van der Waals surface area contributed by atoms with Gasteiger partial charge in [0.25, 0.3) is 0 Å². The molecule has 1 aliphatic carbocycles. The first kappa shape index (κ1) is 9.16. The average Bonchev–Trinajstić information content (AvgIpc) is 2.47. The molecule has 3 heteroatoms. The van der Waals surface area contributed by atoms with Crippen LogP contribution in [0.15, 0.2) is 0 Å². The summed E-state index contributed by atoms with van der Waals surface area (Å²) in [5.41, 5.74) is 1.35. The monoisotopic (exact) mass is 196 g/mol. The molecule has 0 spiro atoms. The zero-order chi connectivity index (χ0) is 9.26. The van der Waals surface area contributed by atoms with E-state index in [-0.39, 0.29) is 0 Å². The van der Waals surface area contributed by atoms with E-state index in [0.29, 0.717) is 6.04 Å². The molecule has 1 N–H and O–H groups in total. The predicted octanol–water partition coefficient (Wildman–Crippen LogP) is 2.44. The Morgan fingerprint density at radius 1 is 1.62 bits per heavy atom. The van der Waals surface area contributed by atoms with E-state index in [1.165, 1.54) is 34.8 Å². The Kier molecular flexibility index (Phi) is 2.65. The molecule has 72 valence electrons. The maximum atomic E-state index is 4.56. The number of hydrogen-bond acceptors (Lipinski definition) is 3. The van der Waals surface area contributed by atoms with Gasteiger partial charge in [0.15, 0.2) is 0 Å². The fourth-order valence-corrected chi connectivity index (χ4v) is 3.07. The predicted molar refractivity (Wildman–Crippen MR) is 56.2 cm³/mol. The van der Waals surface area contributed by atoms with Crippen LogP contribution in [0.5, 0.6) is 0 Å². The molecule has 1 unspecified atom stereocenters. The molecular weight excluding hydrogens is 180 g/mol. The summed E-state index contributed by atoms with van der Waals surface area (Å²) in [6.07, 6.45) is 3.75. The Morgan fingerprint density at radius 2 is 2.46 bits per heavy atom. The zero-order valence-electron chi connectivity index (χ0n) is 8.26. The lowest BCUT2D eigenvalue weighted by molar-refractivity contribution is 0.476. The number of nitrogens with zero attached hydrogens (tertiary/aromatic N) is 1. The highest BCUT2D eigenvalue weighted by Gasteiger charge is 2.22. The number of rotatable bonds is 2. The van der Waals surface area contributed by atoms with E-state index in [9.17, 15) is 0 Å². The molecule has 0 saturated carbocycles. The topological polar surface area (TPSA) is 24.9 Å². The van der Waals surface area contributed by atoms with Gasteiger partial charge in [-0.3, -0.25) is 0 Å². The lowest BCUT2D eigenvalue weighted by Gasteiger charge is -2.21. The molecule has 1 aliphatic rings. The summed E-state index contributed by atoms with van der Waals surface area (Å²) in [7, 11) is 0. The summed E-state index contributed by atoms with van der Waals surface area (Å²) in [6.45, 7) is 5.33. The minimum absolute atomic E-state index is 0.583. The van der Waals surface area contributed by atoms with Gasteiger partial charge in [0.1, 0.15) is 0 Å². The van der Waals surface area contributed by atoms with Gasteiger partial charge in [0.2, 0.25) is 0 Å². The zero-order valence-corrected chi connectivity index (χ0v) is 9.08. The van der Waals surface area contributed by atoms with Crippen molar-refractivity contribution >= 4 is 11.3 Å². The van der Waals surface area contributed by atoms with Crippen LogP contribution in [0.4, 0.5) is 0 Å². The summed E-state index contributed by atoms with van der Waals surface area (Å²) in [4.78, 5) is 6.05. The van der Waals surface area contributed by atoms with Crippen molar-refractivity contribution in [3.63, 3.8) is 0 Å². The molecule has 2 rings (SSSR count). The summed E-state index contributed by atoms with van der Waals surface area (Å²) >= 11 is 1.86. The molecule has 0 aliphatic heterocycles. The average molecular weight is 196 g/mol. The van der Waals surface area contributed by atoms with E-state index in [1.54, 1.807) is 0 Å². The standard InChI is InChI=1S/C10H16N2S/c1-3-11-8-5-4-6-9-10(8)13-7(2)12-9/h8,11H,3-6H2,1-2H3. The van der Waals surface area contributed by atoms with E-state index in [1.807, 2.05) is 11.3 Å². The maximum absolute atomic E-state index is 4.56. The number of fused-ring (bicyclic) bond motifs is 1. The van der Waals surface area contributed by atoms with Crippen molar-refractivity contribution in [3.8, 4) is 0 Å². The van der Waals surface area contributed by atoms with Crippen LogP contribution in [-0.2, 0) is 6.42 Å². The first-order valence-electron chi connectivity index (χ1n) is 5.01. The van der Waals surface area contributed by atoms with Crippen LogP contribution < -0.4 is 5.32 Å². The summed E-state index contributed by atoms with van der Waals surface area (Å²) < 4.78 is 0. The quantitative estimate of drug-likeness (QED) is 0.786. The molecule has 2 nitrogen and oxygen atoms in total. The summed E-state index contributed by atoms with van der Waals surface area (Å²) in [5, 5.41) is 4.74. The summed E-state index contributed by atoms with van der Waals surface area (Å²) in [6, 6.07) is 0.583. The van der Waals surface area contributed by atoms with Gasteiger partial charge in [0.05, 0.1) is 10.7 Å². The van der Waals surface area contributed by atoms with Crippen LogP contribution in [0.1, 0.15) is 41.4 Å². The van der Waals surface area contributed by atoms with Crippen molar-refractivity contribution in [2.45, 2.75) is 39.2 Å². The van der Waals surface area contributed by atoms with Gasteiger partial charge in [-0.1, -0.05) is 6.92 Å². The molecule has 0 bridgehead atoms. The Balaban J connectivity index is 2.25. The molecule has 13 heavy (non-hydrogen) atoms. The number of aromatic nitrogens is 1. The van der Waals surface area contributed by atoms with Gasteiger partial charge in [-0.25, -0.2) is 4.98 Å². The number of hydrogen-bond donors (Lipinski definition) is 1. The van der Waals surface area contributed by atoms with Crippen LogP contribution in [0.2, 0.25) is 0 Å². The first-order valence-corrected chi connectivity index (χ1v) is 5.82. The minimum atomic E-state index is 0.583. The molecule has 0 aromatic carbocycles. The smallest absolute Gasteiger partial charge is 0.0900 e. The van der Waals surface area contributed by atoms with Gasteiger partial charge in [-0.05, 0) is 32.7 Å². The third-order valence-corrected chi connectivity index (χ3v) is 3.63. The molecule has 1 heterocycles. The Hall–Kier alpha value is -0.410. The van der Waals surface area contributed by atoms with E-state index in [0.717, 1.165) is 6.54 Å². The SMILES string of the molecule is CCNC1CCCc2nc(C)sc21. The molecule has 1 aromatic rings. The van der Waals surface area contributed by atoms with Gasteiger partial charge in [0, 0.05) is 10.9 Å². The van der Waals surface area contributed by atoms with E-state index in [2.05, 4.69) is 24.1 Å². The van der Waals surface area contributed by atoms with Crippen molar-refractivity contribution in [1.82, 2.24) is 10.3 Å². The van der Waals surface area contributed by atoms with Crippen LogP contribution in [0.3, 0.4) is 0 Å². The second kappa shape index (κ2) is 3.76. The van der Waals surface area contributed by atoms with Crippen molar-refractivity contribution in [1.29, 1.82) is 0 Å².